The fourth-order valence-electron chi connectivity index (χ4n) is 2.13. The Balaban J connectivity index is 1.92. The Morgan fingerprint density at radius 3 is 2.36 bits per heavy atom. The lowest BCUT2D eigenvalue weighted by molar-refractivity contribution is -0.141. The molecule has 0 aliphatic heterocycles. The van der Waals surface area contributed by atoms with E-state index in [1.807, 2.05) is 0 Å². The van der Waals surface area contributed by atoms with Gasteiger partial charge in [-0.25, -0.2) is 18.7 Å². The molecule has 1 aromatic heterocycles. The van der Waals surface area contributed by atoms with Crippen LogP contribution in [0.3, 0.4) is 0 Å². The number of carbonyl (C=O) groups is 1. The highest BCUT2D eigenvalue weighted by Crippen LogP contribution is 2.33. The number of amides is 1. The minimum absolute atomic E-state index is 0.0475. The van der Waals surface area contributed by atoms with Crippen LogP contribution < -0.4 is 10.6 Å². The molecule has 2 N–H and O–H groups in total. The number of nitrogens with one attached hydrogen (secondary N) is 2. The van der Waals surface area contributed by atoms with E-state index in [0.29, 0.717) is 18.6 Å². The van der Waals surface area contributed by atoms with Crippen molar-refractivity contribution in [3.05, 3.63) is 47.5 Å². The average Bonchev–Trinajstić information content (AvgIpc) is 3.35. The van der Waals surface area contributed by atoms with Gasteiger partial charge in [-0.15, -0.1) is 0 Å². The van der Waals surface area contributed by atoms with Crippen LogP contribution in [-0.4, -0.2) is 21.9 Å². The van der Waals surface area contributed by atoms with E-state index in [1.165, 1.54) is 0 Å². The van der Waals surface area contributed by atoms with Gasteiger partial charge in [0.2, 0.25) is 0 Å². The van der Waals surface area contributed by atoms with Crippen molar-refractivity contribution in [3.63, 3.8) is 0 Å². The number of benzene rings is 1. The average molecular weight is 358 g/mol. The Hall–Kier alpha value is -2.78. The van der Waals surface area contributed by atoms with Crippen molar-refractivity contribution < 1.29 is 26.7 Å². The number of aromatic nitrogens is 2. The van der Waals surface area contributed by atoms with Gasteiger partial charge in [0.05, 0.1) is 16.9 Å². The molecule has 132 valence electrons. The Labute approximate surface area is 138 Å². The third kappa shape index (κ3) is 3.83. The van der Waals surface area contributed by atoms with Crippen LogP contribution in [0.1, 0.15) is 28.9 Å². The summed E-state index contributed by atoms with van der Waals surface area (Å²) >= 11 is 0. The van der Waals surface area contributed by atoms with E-state index in [9.17, 15) is 26.7 Å². The fourth-order valence-corrected chi connectivity index (χ4v) is 2.13. The van der Waals surface area contributed by atoms with Gasteiger partial charge in [-0.2, -0.15) is 13.2 Å². The van der Waals surface area contributed by atoms with Crippen molar-refractivity contribution in [2.75, 3.05) is 10.6 Å². The van der Waals surface area contributed by atoms with Gasteiger partial charge >= 0.3 is 6.18 Å². The van der Waals surface area contributed by atoms with Crippen LogP contribution in [0.15, 0.2) is 24.7 Å². The van der Waals surface area contributed by atoms with Crippen LogP contribution in [0.25, 0.3) is 0 Å². The van der Waals surface area contributed by atoms with Gasteiger partial charge in [-0.1, -0.05) is 0 Å². The summed E-state index contributed by atoms with van der Waals surface area (Å²) in [7, 11) is 0. The largest absolute Gasteiger partial charge is 0.434 e. The Morgan fingerprint density at radius 1 is 1.12 bits per heavy atom. The molecule has 0 radical (unpaired) electrons. The summed E-state index contributed by atoms with van der Waals surface area (Å²) in [5, 5.41) is 5.03. The van der Waals surface area contributed by atoms with Gasteiger partial charge in [0.15, 0.2) is 17.3 Å². The highest BCUT2D eigenvalue weighted by Gasteiger charge is 2.37. The molecule has 1 amide bonds. The number of carbonyl (C=O) groups excluding carboxylic acids is 1. The SMILES string of the molecule is O=C(Nc1cc(F)c(F)cc1NC1CC1)c1cncnc1C(F)(F)F. The maximum absolute atomic E-state index is 13.5. The number of hydrogen-bond acceptors (Lipinski definition) is 4. The minimum Gasteiger partial charge on any atom is -0.381 e. The van der Waals surface area contributed by atoms with Crippen molar-refractivity contribution in [3.8, 4) is 0 Å². The maximum atomic E-state index is 13.5. The van der Waals surface area contributed by atoms with Crippen molar-refractivity contribution >= 4 is 17.3 Å². The van der Waals surface area contributed by atoms with Crippen LogP contribution in [-0.2, 0) is 6.18 Å². The molecule has 0 atom stereocenters. The first kappa shape index (κ1) is 17.1. The second kappa shape index (κ2) is 6.26. The molecule has 0 bridgehead atoms. The van der Waals surface area contributed by atoms with Crippen LogP contribution in [0.2, 0.25) is 0 Å². The molecule has 1 saturated carbocycles. The first-order valence-corrected chi connectivity index (χ1v) is 7.20. The third-order valence-corrected chi connectivity index (χ3v) is 3.47. The van der Waals surface area contributed by atoms with Crippen molar-refractivity contribution in [1.82, 2.24) is 9.97 Å². The summed E-state index contributed by atoms with van der Waals surface area (Å²) in [6.45, 7) is 0. The number of nitrogens with zero attached hydrogens (tertiary/aromatic N) is 2. The molecule has 1 aromatic carbocycles. The second-order valence-electron chi connectivity index (χ2n) is 5.47. The summed E-state index contributed by atoms with van der Waals surface area (Å²) < 4.78 is 65.7. The first-order valence-electron chi connectivity index (χ1n) is 7.20. The minimum atomic E-state index is -4.86. The Bertz CT molecular complexity index is 820. The molecule has 0 saturated heterocycles. The molecule has 25 heavy (non-hydrogen) atoms. The molecule has 5 nitrogen and oxygen atoms in total. The molecule has 1 aliphatic carbocycles. The van der Waals surface area contributed by atoms with E-state index < -0.39 is 35.0 Å². The highest BCUT2D eigenvalue weighted by atomic mass is 19.4. The standard InChI is InChI=1S/C15H11F5N4O/c16-9-3-11(23-7-1-2-7)12(4-10(9)17)24-14(25)8-5-21-6-22-13(8)15(18,19)20/h3-7,23H,1-2H2,(H,24,25). The van der Waals surface area contributed by atoms with E-state index >= 15 is 0 Å². The first-order chi connectivity index (χ1) is 11.8. The van der Waals surface area contributed by atoms with Crippen molar-refractivity contribution in [1.29, 1.82) is 0 Å². The molecule has 0 spiro atoms. The van der Waals surface area contributed by atoms with E-state index in [0.717, 1.165) is 18.9 Å². The van der Waals surface area contributed by atoms with E-state index in [-0.39, 0.29) is 17.4 Å². The van der Waals surface area contributed by atoms with Crippen LogP contribution in [0.5, 0.6) is 0 Å². The fraction of sp³-hybridized carbons (Fsp3) is 0.267. The van der Waals surface area contributed by atoms with Gasteiger partial charge in [0.25, 0.3) is 5.91 Å². The summed E-state index contributed by atoms with van der Waals surface area (Å²) in [4.78, 5) is 18.7. The van der Waals surface area contributed by atoms with Gasteiger partial charge in [-0.3, -0.25) is 4.79 Å². The molecule has 2 aromatic rings. The molecule has 3 rings (SSSR count). The van der Waals surface area contributed by atoms with Gasteiger partial charge in [0.1, 0.15) is 6.33 Å². The lowest BCUT2D eigenvalue weighted by atomic mass is 10.2. The Kier molecular flexibility index (Phi) is 4.27. The van der Waals surface area contributed by atoms with Crippen LogP contribution in [0, 0.1) is 11.6 Å². The lowest BCUT2D eigenvalue weighted by Crippen LogP contribution is -2.21. The van der Waals surface area contributed by atoms with E-state index in [1.54, 1.807) is 0 Å². The third-order valence-electron chi connectivity index (χ3n) is 3.47. The smallest absolute Gasteiger partial charge is 0.381 e. The summed E-state index contributed by atoms with van der Waals surface area (Å²) in [5.41, 5.74) is -2.33. The van der Waals surface area contributed by atoms with Crippen molar-refractivity contribution in [2.24, 2.45) is 0 Å². The van der Waals surface area contributed by atoms with Crippen LogP contribution in [0.4, 0.5) is 33.3 Å². The van der Waals surface area contributed by atoms with E-state index in [2.05, 4.69) is 20.6 Å². The number of rotatable bonds is 4. The van der Waals surface area contributed by atoms with Crippen LogP contribution >= 0.6 is 0 Å². The van der Waals surface area contributed by atoms with E-state index in [4.69, 9.17) is 0 Å². The maximum Gasteiger partial charge on any atom is 0.434 e. The molecule has 10 heteroatoms. The predicted molar refractivity (Wildman–Crippen MR) is 78.0 cm³/mol. The number of hydrogen-bond donors (Lipinski definition) is 2. The predicted octanol–water partition coefficient (Wildman–Crippen LogP) is 3.60. The van der Waals surface area contributed by atoms with Gasteiger partial charge in [0, 0.05) is 24.4 Å². The summed E-state index contributed by atoms with van der Waals surface area (Å²) in [6.07, 6.45) is -1.86. The number of halogens is 5. The molecular formula is C15H11F5N4O. The zero-order valence-corrected chi connectivity index (χ0v) is 12.5. The quantitative estimate of drug-likeness (QED) is 0.820. The number of alkyl halides is 3. The highest BCUT2D eigenvalue weighted by molar-refractivity contribution is 6.06. The van der Waals surface area contributed by atoms with Gasteiger partial charge < -0.3 is 10.6 Å². The molecule has 1 aliphatic rings. The second-order valence-corrected chi connectivity index (χ2v) is 5.47. The lowest BCUT2D eigenvalue weighted by Gasteiger charge is -2.15. The molecule has 0 unspecified atom stereocenters. The van der Waals surface area contributed by atoms with Crippen molar-refractivity contribution in [2.45, 2.75) is 25.1 Å². The normalized spacial score (nSPS) is 14.3. The zero-order chi connectivity index (χ0) is 18.2. The molecule has 1 heterocycles. The van der Waals surface area contributed by atoms with Gasteiger partial charge in [-0.05, 0) is 12.8 Å². The topological polar surface area (TPSA) is 66.9 Å². The Morgan fingerprint density at radius 2 is 1.76 bits per heavy atom. The monoisotopic (exact) mass is 358 g/mol. The zero-order valence-electron chi connectivity index (χ0n) is 12.5. The summed E-state index contributed by atoms with van der Waals surface area (Å²) in [5.74, 6) is -3.56. The summed E-state index contributed by atoms with van der Waals surface area (Å²) in [6, 6.07) is 1.59. The molecule has 1 fully saturated rings. The number of anilines is 2. The molecular weight excluding hydrogens is 347 g/mol.